The molecule has 2 aromatic carbocycles. The number of hydroxylamine groups is 3. The van der Waals surface area contributed by atoms with Gasteiger partial charge in [0.05, 0.1) is 51.0 Å². The van der Waals surface area contributed by atoms with E-state index in [4.69, 9.17) is 9.47 Å². The number of para-hydroxylation sites is 1. The van der Waals surface area contributed by atoms with Crippen molar-refractivity contribution >= 4 is 33.2 Å². The third kappa shape index (κ3) is 4.15. The SMILES string of the molecule is COc1cc(OC)c2nc3ccccc3c(NCCC[N+](C)(C)[O-])c2c1[N+](=O)[O-]. The number of nitrogens with one attached hydrogen (secondary N) is 1. The summed E-state index contributed by atoms with van der Waals surface area (Å²) in [7, 11) is 6.03. The molecule has 3 rings (SSSR count). The Morgan fingerprint density at radius 3 is 2.48 bits per heavy atom. The fourth-order valence-electron chi connectivity index (χ4n) is 3.35. The maximum absolute atomic E-state index is 11.9. The molecule has 0 bridgehead atoms. The highest BCUT2D eigenvalue weighted by atomic mass is 16.6. The van der Waals surface area contributed by atoms with Gasteiger partial charge in [-0.3, -0.25) is 10.1 Å². The summed E-state index contributed by atoms with van der Waals surface area (Å²) in [5.41, 5.74) is 1.45. The monoisotopic (exact) mass is 400 g/mol. The molecule has 0 aliphatic heterocycles. The van der Waals surface area contributed by atoms with Gasteiger partial charge in [0, 0.05) is 24.4 Å². The molecule has 29 heavy (non-hydrogen) atoms. The van der Waals surface area contributed by atoms with Gasteiger partial charge in [0.1, 0.15) is 16.7 Å². The number of nitro benzene ring substituents is 1. The number of aromatic nitrogens is 1. The van der Waals surface area contributed by atoms with Crippen LogP contribution in [0.25, 0.3) is 21.8 Å². The van der Waals surface area contributed by atoms with E-state index in [2.05, 4.69) is 10.3 Å². The highest BCUT2D eigenvalue weighted by molar-refractivity contribution is 6.13. The van der Waals surface area contributed by atoms with Crippen molar-refractivity contribution in [1.29, 1.82) is 0 Å². The molecule has 0 atom stereocenters. The molecule has 0 spiro atoms. The van der Waals surface area contributed by atoms with Gasteiger partial charge in [0.15, 0.2) is 0 Å². The normalized spacial score (nSPS) is 11.6. The van der Waals surface area contributed by atoms with Crippen LogP contribution in [-0.2, 0) is 0 Å². The van der Waals surface area contributed by atoms with Gasteiger partial charge in [0.25, 0.3) is 0 Å². The molecule has 9 heteroatoms. The van der Waals surface area contributed by atoms with Crippen molar-refractivity contribution in [3.63, 3.8) is 0 Å². The fraction of sp³-hybridized carbons (Fsp3) is 0.350. The number of hydrogen-bond donors (Lipinski definition) is 1. The minimum atomic E-state index is -0.472. The van der Waals surface area contributed by atoms with E-state index in [-0.39, 0.29) is 11.4 Å². The summed E-state index contributed by atoms with van der Waals surface area (Å²) < 4.78 is 10.3. The molecule has 0 aliphatic rings. The highest BCUT2D eigenvalue weighted by Crippen LogP contribution is 2.45. The van der Waals surface area contributed by atoms with Crippen molar-refractivity contribution in [2.24, 2.45) is 0 Å². The lowest BCUT2D eigenvalue weighted by Gasteiger charge is -2.33. The smallest absolute Gasteiger partial charge is 0.322 e. The second-order valence-corrected chi connectivity index (χ2v) is 7.19. The lowest BCUT2D eigenvalue weighted by Crippen LogP contribution is -2.34. The van der Waals surface area contributed by atoms with Crippen LogP contribution in [0.1, 0.15) is 6.42 Å². The molecule has 1 N–H and O–H groups in total. The van der Waals surface area contributed by atoms with Gasteiger partial charge in [-0.2, -0.15) is 0 Å². The van der Waals surface area contributed by atoms with Crippen molar-refractivity contribution in [3.05, 3.63) is 45.7 Å². The first-order chi connectivity index (χ1) is 13.8. The van der Waals surface area contributed by atoms with Crippen LogP contribution in [0.15, 0.2) is 30.3 Å². The molecule has 3 aromatic rings. The summed E-state index contributed by atoms with van der Waals surface area (Å²) in [5.74, 6) is 0.477. The topological polar surface area (TPSA) is 110 Å². The molecule has 154 valence electrons. The molecule has 0 saturated carbocycles. The van der Waals surface area contributed by atoms with Gasteiger partial charge in [-0.15, -0.1) is 0 Å². The number of ether oxygens (including phenoxy) is 2. The number of nitrogens with zero attached hydrogens (tertiary/aromatic N) is 3. The lowest BCUT2D eigenvalue weighted by atomic mass is 10.0. The predicted molar refractivity (Wildman–Crippen MR) is 112 cm³/mol. The molecule has 0 unspecified atom stereocenters. The van der Waals surface area contributed by atoms with Crippen molar-refractivity contribution in [3.8, 4) is 11.5 Å². The minimum absolute atomic E-state index is 0.0943. The first kappa shape index (κ1) is 20.6. The quantitative estimate of drug-likeness (QED) is 0.202. The van der Waals surface area contributed by atoms with E-state index >= 15 is 0 Å². The number of hydrogen-bond acceptors (Lipinski definition) is 7. The Hall–Kier alpha value is -3.17. The van der Waals surface area contributed by atoms with Crippen LogP contribution >= 0.6 is 0 Å². The number of anilines is 1. The molecule has 0 amide bonds. The Kier molecular flexibility index (Phi) is 5.71. The molecule has 0 radical (unpaired) electrons. The Bertz CT molecular complexity index is 1060. The molecule has 0 fully saturated rings. The summed E-state index contributed by atoms with van der Waals surface area (Å²) in [4.78, 5) is 16.1. The molecule has 1 aromatic heterocycles. The second kappa shape index (κ2) is 8.06. The Morgan fingerprint density at radius 2 is 1.86 bits per heavy atom. The van der Waals surface area contributed by atoms with Crippen LogP contribution in [0.3, 0.4) is 0 Å². The second-order valence-electron chi connectivity index (χ2n) is 7.19. The largest absolute Gasteiger partial charge is 0.633 e. The van der Waals surface area contributed by atoms with Crippen LogP contribution < -0.4 is 14.8 Å². The predicted octanol–water partition coefficient (Wildman–Crippen LogP) is 3.69. The van der Waals surface area contributed by atoms with E-state index < -0.39 is 9.57 Å². The van der Waals surface area contributed by atoms with E-state index in [0.717, 1.165) is 5.39 Å². The average molecular weight is 400 g/mol. The maximum Gasteiger partial charge on any atom is 0.322 e. The van der Waals surface area contributed by atoms with Gasteiger partial charge in [0.2, 0.25) is 5.75 Å². The van der Waals surface area contributed by atoms with Gasteiger partial charge in [-0.05, 0) is 6.07 Å². The summed E-state index contributed by atoms with van der Waals surface area (Å²) in [6.45, 7) is 0.895. The average Bonchev–Trinajstić information content (AvgIpc) is 2.68. The minimum Gasteiger partial charge on any atom is -0.633 e. The first-order valence-electron chi connectivity index (χ1n) is 9.16. The lowest BCUT2D eigenvalue weighted by molar-refractivity contribution is -0.839. The third-order valence-corrected chi connectivity index (χ3v) is 4.66. The number of pyridine rings is 1. The van der Waals surface area contributed by atoms with Crippen LogP contribution in [0.5, 0.6) is 11.5 Å². The van der Waals surface area contributed by atoms with Gasteiger partial charge >= 0.3 is 5.69 Å². The molecular formula is C20H24N4O5. The summed E-state index contributed by atoms with van der Waals surface area (Å²) >= 11 is 0. The summed E-state index contributed by atoms with van der Waals surface area (Å²) in [6, 6.07) is 8.87. The van der Waals surface area contributed by atoms with Crippen molar-refractivity contribution < 1.29 is 19.0 Å². The van der Waals surface area contributed by atoms with Gasteiger partial charge in [-0.25, -0.2) is 4.98 Å². The zero-order valence-electron chi connectivity index (χ0n) is 16.9. The van der Waals surface area contributed by atoms with Crippen molar-refractivity contribution in [1.82, 2.24) is 4.98 Å². The van der Waals surface area contributed by atoms with Crippen LogP contribution in [0.4, 0.5) is 11.4 Å². The van der Waals surface area contributed by atoms with Gasteiger partial charge < -0.3 is 24.6 Å². The van der Waals surface area contributed by atoms with Gasteiger partial charge in [-0.1, -0.05) is 18.2 Å². The van der Waals surface area contributed by atoms with E-state index in [0.29, 0.717) is 47.4 Å². The number of quaternary nitrogens is 1. The Balaban J connectivity index is 2.27. The zero-order valence-corrected chi connectivity index (χ0v) is 16.9. The zero-order chi connectivity index (χ0) is 21.2. The first-order valence-corrected chi connectivity index (χ1v) is 9.16. The number of nitro groups is 1. The van der Waals surface area contributed by atoms with Crippen LogP contribution in [0, 0.1) is 15.3 Å². The Labute approximate surface area is 168 Å². The molecule has 9 nitrogen and oxygen atoms in total. The van der Waals surface area contributed by atoms with E-state index in [1.807, 2.05) is 24.3 Å². The number of benzene rings is 2. The van der Waals surface area contributed by atoms with Crippen LogP contribution in [0.2, 0.25) is 0 Å². The number of rotatable bonds is 8. The van der Waals surface area contributed by atoms with E-state index in [1.165, 1.54) is 20.3 Å². The molecular weight excluding hydrogens is 376 g/mol. The standard InChI is InChI=1S/C20H24N4O5/c1-24(2,27)11-7-10-21-18-13-8-5-6-9-14(13)22-19-15(28-3)12-16(29-4)20(17(18)19)23(25)26/h5-6,8-9,12H,7,10-11H2,1-4H3,(H,21,22). The third-order valence-electron chi connectivity index (χ3n) is 4.66. The molecule has 1 heterocycles. The summed E-state index contributed by atoms with van der Waals surface area (Å²) in [5, 5.41) is 28.1. The number of fused-ring (bicyclic) bond motifs is 2. The van der Waals surface area contributed by atoms with E-state index in [1.54, 1.807) is 14.1 Å². The highest BCUT2D eigenvalue weighted by Gasteiger charge is 2.27. The van der Waals surface area contributed by atoms with Crippen LogP contribution in [-0.4, -0.2) is 56.0 Å². The fourth-order valence-corrected chi connectivity index (χ4v) is 3.35. The van der Waals surface area contributed by atoms with Crippen molar-refractivity contribution in [2.45, 2.75) is 6.42 Å². The maximum atomic E-state index is 11.9. The van der Waals surface area contributed by atoms with Crippen molar-refractivity contribution in [2.75, 3.05) is 46.7 Å². The molecule has 0 saturated heterocycles. The van der Waals surface area contributed by atoms with E-state index in [9.17, 15) is 15.3 Å². The molecule has 0 aliphatic carbocycles. The number of methoxy groups -OCH3 is 2. The summed E-state index contributed by atoms with van der Waals surface area (Å²) in [6.07, 6.45) is 0.601. The Morgan fingerprint density at radius 1 is 1.17 bits per heavy atom.